The van der Waals surface area contributed by atoms with Crippen molar-refractivity contribution < 1.29 is 18.6 Å². The number of rotatable bonds is 5. The lowest BCUT2D eigenvalue weighted by Gasteiger charge is -2.22. The molecule has 0 atom stereocenters. The van der Waals surface area contributed by atoms with E-state index >= 15 is 0 Å². The molecule has 3 aromatic rings. The molecule has 6 nitrogen and oxygen atoms in total. The van der Waals surface area contributed by atoms with Gasteiger partial charge in [0, 0.05) is 30.3 Å². The summed E-state index contributed by atoms with van der Waals surface area (Å²) in [5, 5.41) is 18.8. The summed E-state index contributed by atoms with van der Waals surface area (Å²) in [7, 11) is 17.6. The normalized spacial score (nSPS) is 11.2. The van der Waals surface area contributed by atoms with Gasteiger partial charge in [-0.3, -0.25) is 0 Å². The molecule has 134 valence electrons. The third kappa shape index (κ3) is 4.41. The molecule has 1 aromatic carbocycles. The van der Waals surface area contributed by atoms with Crippen LogP contribution in [-0.4, -0.2) is 56.2 Å². The number of nitrogens with one attached hydrogen (secondary N) is 1. The Hall–Kier alpha value is -3.10. The van der Waals surface area contributed by atoms with Crippen molar-refractivity contribution in [3.63, 3.8) is 0 Å². The molecule has 0 aliphatic carbocycles. The summed E-state index contributed by atoms with van der Waals surface area (Å²) in [6, 6.07) is 7.51. The molecule has 2 N–H and O–H groups in total. The van der Waals surface area contributed by atoms with E-state index in [-0.39, 0.29) is 34.0 Å². The molecule has 0 aliphatic rings. The molecule has 6 radical (unpaired) electrons. The van der Waals surface area contributed by atoms with Gasteiger partial charge in [0.25, 0.3) is 0 Å². The maximum atomic E-state index is 14.7. The SMILES string of the molecule is [B]C([B])([B])Oc1cc(-c2cc(O)c(-c3ccc(NC)nn3)cc2F)cc(F)n1. The highest BCUT2D eigenvalue weighted by atomic mass is 19.1. The Balaban J connectivity index is 2.03. The lowest BCUT2D eigenvalue weighted by Crippen LogP contribution is -2.37. The molecular formula is C17H11B3F2N4O2. The van der Waals surface area contributed by atoms with E-state index in [9.17, 15) is 13.9 Å². The smallest absolute Gasteiger partial charge is 0.216 e. The van der Waals surface area contributed by atoms with Gasteiger partial charge in [0.05, 0.1) is 5.69 Å². The highest BCUT2D eigenvalue weighted by Gasteiger charge is 2.18. The third-order valence-electron chi connectivity index (χ3n) is 3.64. The first-order valence-electron chi connectivity index (χ1n) is 7.94. The second kappa shape index (κ2) is 7.50. The zero-order chi connectivity index (χ0) is 20.5. The van der Waals surface area contributed by atoms with E-state index in [0.717, 1.165) is 18.2 Å². The van der Waals surface area contributed by atoms with Crippen molar-refractivity contribution in [3.8, 4) is 34.0 Å². The number of pyridine rings is 1. The zero-order valence-electron chi connectivity index (χ0n) is 14.6. The fourth-order valence-corrected chi connectivity index (χ4v) is 2.46. The van der Waals surface area contributed by atoms with Gasteiger partial charge in [-0.15, -0.1) is 10.2 Å². The van der Waals surface area contributed by atoms with Gasteiger partial charge in [-0.05, 0) is 35.1 Å². The maximum absolute atomic E-state index is 14.7. The summed E-state index contributed by atoms with van der Waals surface area (Å²) in [4.78, 5) is 3.44. The van der Waals surface area contributed by atoms with Crippen LogP contribution in [0.2, 0.25) is 0 Å². The predicted octanol–water partition coefficient (Wildman–Crippen LogP) is 1.73. The van der Waals surface area contributed by atoms with E-state index in [0.29, 0.717) is 5.82 Å². The first kappa shape index (κ1) is 19.7. The van der Waals surface area contributed by atoms with Crippen LogP contribution in [0, 0.1) is 11.8 Å². The van der Waals surface area contributed by atoms with Crippen molar-refractivity contribution >= 4 is 29.4 Å². The Kier molecular flexibility index (Phi) is 5.26. The third-order valence-corrected chi connectivity index (χ3v) is 3.64. The van der Waals surface area contributed by atoms with Crippen LogP contribution in [0.1, 0.15) is 0 Å². The van der Waals surface area contributed by atoms with Gasteiger partial charge >= 0.3 is 0 Å². The molecule has 0 unspecified atom stereocenters. The summed E-state index contributed by atoms with van der Waals surface area (Å²) < 4.78 is 33.4. The van der Waals surface area contributed by atoms with Gasteiger partial charge in [0.2, 0.25) is 11.8 Å². The topological polar surface area (TPSA) is 80.2 Å². The minimum atomic E-state index is -2.10. The first-order valence-corrected chi connectivity index (χ1v) is 7.94. The molecule has 0 amide bonds. The summed E-state index contributed by atoms with van der Waals surface area (Å²) in [6.07, 6.45) is 0. The number of aromatic hydroxyl groups is 1. The summed E-state index contributed by atoms with van der Waals surface area (Å²) in [6.45, 7) is 0. The van der Waals surface area contributed by atoms with Crippen LogP contribution in [0.25, 0.3) is 22.4 Å². The van der Waals surface area contributed by atoms with Crippen LogP contribution in [0.3, 0.4) is 0 Å². The Morgan fingerprint density at radius 1 is 1.04 bits per heavy atom. The molecule has 0 saturated heterocycles. The standard InChI is InChI=1S/C17H11B3F2N4O2/c1-23-15-3-2-12(25-26-15)10-6-11(21)9(7-13(10)27)8-4-14(22)24-16(5-8)28-17(18,19)20/h2-7,27H,1H3,(H,23,26). The molecule has 0 aliphatic heterocycles. The minimum Gasteiger partial charge on any atom is -0.507 e. The van der Waals surface area contributed by atoms with E-state index in [2.05, 4.69) is 20.5 Å². The molecular weight excluding hydrogens is 363 g/mol. The molecule has 0 fully saturated rings. The van der Waals surface area contributed by atoms with Gasteiger partial charge in [-0.1, -0.05) is 0 Å². The van der Waals surface area contributed by atoms with Crippen molar-refractivity contribution in [1.29, 1.82) is 0 Å². The van der Waals surface area contributed by atoms with Crippen molar-refractivity contribution in [2.24, 2.45) is 0 Å². The number of halogens is 2. The number of phenolic OH excluding ortho intramolecular Hbond substituents is 1. The van der Waals surface area contributed by atoms with Crippen LogP contribution in [0.4, 0.5) is 14.6 Å². The lowest BCUT2D eigenvalue weighted by molar-refractivity contribution is 0.300. The molecule has 3 rings (SSSR count). The molecule has 2 aromatic heterocycles. The monoisotopic (exact) mass is 374 g/mol. The second-order valence-corrected chi connectivity index (χ2v) is 5.88. The van der Waals surface area contributed by atoms with Crippen LogP contribution in [0.5, 0.6) is 11.6 Å². The number of phenols is 1. The van der Waals surface area contributed by atoms with Gasteiger partial charge in [-0.2, -0.15) is 9.37 Å². The highest BCUT2D eigenvalue weighted by molar-refractivity contribution is 6.58. The highest BCUT2D eigenvalue weighted by Crippen LogP contribution is 2.35. The number of hydrogen-bond donors (Lipinski definition) is 2. The van der Waals surface area contributed by atoms with Crippen molar-refractivity contribution in [2.75, 3.05) is 12.4 Å². The predicted molar refractivity (Wildman–Crippen MR) is 102 cm³/mol. The molecule has 2 heterocycles. The number of ether oxygens (including phenoxy) is 1. The van der Waals surface area contributed by atoms with Gasteiger partial charge in [0.1, 0.15) is 40.9 Å². The van der Waals surface area contributed by atoms with Crippen LogP contribution in [-0.2, 0) is 0 Å². The first-order chi connectivity index (χ1) is 13.2. The summed E-state index contributed by atoms with van der Waals surface area (Å²) >= 11 is 0. The average Bonchev–Trinajstić information content (AvgIpc) is 2.61. The van der Waals surface area contributed by atoms with E-state index in [4.69, 9.17) is 28.3 Å². The van der Waals surface area contributed by atoms with E-state index in [1.54, 1.807) is 19.2 Å². The number of hydrogen-bond acceptors (Lipinski definition) is 6. The fraction of sp³-hybridized carbons (Fsp3) is 0.118. The Morgan fingerprint density at radius 2 is 1.79 bits per heavy atom. The Bertz CT molecular complexity index is 1010. The molecule has 0 spiro atoms. The van der Waals surface area contributed by atoms with Gasteiger partial charge in [-0.25, -0.2) is 4.39 Å². The Morgan fingerprint density at radius 3 is 2.39 bits per heavy atom. The molecule has 0 bridgehead atoms. The zero-order valence-corrected chi connectivity index (χ0v) is 14.6. The summed E-state index contributed by atoms with van der Waals surface area (Å²) in [5.41, 5.74) is 0.296. The Labute approximate surface area is 163 Å². The van der Waals surface area contributed by atoms with Crippen LogP contribution >= 0.6 is 0 Å². The van der Waals surface area contributed by atoms with E-state index < -0.39 is 17.1 Å². The average molecular weight is 374 g/mol. The lowest BCUT2D eigenvalue weighted by atomic mass is 9.52. The van der Waals surface area contributed by atoms with E-state index in [1.165, 1.54) is 6.07 Å². The van der Waals surface area contributed by atoms with Crippen molar-refractivity contribution in [1.82, 2.24) is 15.2 Å². The number of nitrogens with zero attached hydrogens (tertiary/aromatic N) is 3. The van der Waals surface area contributed by atoms with Crippen LogP contribution in [0.15, 0.2) is 36.4 Å². The molecule has 28 heavy (non-hydrogen) atoms. The van der Waals surface area contributed by atoms with E-state index in [1.807, 2.05) is 0 Å². The van der Waals surface area contributed by atoms with Crippen molar-refractivity contribution in [2.45, 2.75) is 5.30 Å². The van der Waals surface area contributed by atoms with Gasteiger partial charge < -0.3 is 15.2 Å². The fourth-order valence-electron chi connectivity index (χ4n) is 2.46. The second-order valence-electron chi connectivity index (χ2n) is 5.88. The number of anilines is 1. The quantitative estimate of drug-likeness (QED) is 0.524. The number of benzene rings is 1. The van der Waals surface area contributed by atoms with Gasteiger partial charge in [0.15, 0.2) is 0 Å². The largest absolute Gasteiger partial charge is 0.507 e. The minimum absolute atomic E-state index is 0.0303. The molecule has 0 saturated carbocycles. The maximum Gasteiger partial charge on any atom is 0.216 e. The number of aromatic nitrogens is 3. The summed E-state index contributed by atoms with van der Waals surface area (Å²) in [5.74, 6) is -1.85. The molecule has 11 heteroatoms. The van der Waals surface area contributed by atoms with Crippen LogP contribution < -0.4 is 10.1 Å². The van der Waals surface area contributed by atoms with Crippen molar-refractivity contribution in [3.05, 3.63) is 48.2 Å².